The number of rotatable bonds is 4. The highest BCUT2D eigenvalue weighted by molar-refractivity contribution is 6.05. The van der Waals surface area contributed by atoms with Gasteiger partial charge in [0.2, 0.25) is 11.8 Å². The van der Waals surface area contributed by atoms with Crippen LogP contribution in [-0.4, -0.2) is 47.8 Å². The summed E-state index contributed by atoms with van der Waals surface area (Å²) >= 11 is 0. The van der Waals surface area contributed by atoms with E-state index in [0.29, 0.717) is 25.6 Å². The fourth-order valence-corrected chi connectivity index (χ4v) is 5.42. The minimum absolute atomic E-state index is 0.0885. The molecule has 28 heavy (non-hydrogen) atoms. The number of carbonyl (C=O) groups is 3. The van der Waals surface area contributed by atoms with Crippen molar-refractivity contribution in [3.63, 3.8) is 0 Å². The van der Waals surface area contributed by atoms with E-state index in [1.165, 1.54) is 12.8 Å². The zero-order chi connectivity index (χ0) is 19.3. The van der Waals surface area contributed by atoms with Gasteiger partial charge in [-0.1, -0.05) is 18.2 Å². The molecule has 4 aliphatic rings. The number of piperidine rings is 1. The SMILES string of the molecule is O=C1CCC(N2Cc3cccc(CNC4CC5CNCC5C4)c3C2=O)C(=O)N1. The summed E-state index contributed by atoms with van der Waals surface area (Å²) in [6, 6.07) is 5.92. The molecule has 1 aliphatic carbocycles. The quantitative estimate of drug-likeness (QED) is 0.661. The van der Waals surface area contributed by atoms with Crippen molar-refractivity contribution in [3.05, 3.63) is 34.9 Å². The first-order valence-electron chi connectivity index (χ1n) is 10.3. The second-order valence-electron chi connectivity index (χ2n) is 8.58. The molecule has 1 aromatic carbocycles. The van der Waals surface area contributed by atoms with Gasteiger partial charge in [0, 0.05) is 31.1 Å². The molecule has 0 bridgehead atoms. The smallest absolute Gasteiger partial charge is 0.255 e. The average Bonchev–Trinajstić information content (AvgIpc) is 3.34. The minimum Gasteiger partial charge on any atom is -0.322 e. The van der Waals surface area contributed by atoms with Crippen molar-refractivity contribution in [3.8, 4) is 0 Å². The van der Waals surface area contributed by atoms with E-state index in [4.69, 9.17) is 0 Å². The molecule has 7 nitrogen and oxygen atoms in total. The summed E-state index contributed by atoms with van der Waals surface area (Å²) in [5.74, 6) is 0.858. The minimum atomic E-state index is -0.555. The van der Waals surface area contributed by atoms with Crippen molar-refractivity contribution < 1.29 is 14.4 Å². The van der Waals surface area contributed by atoms with E-state index in [2.05, 4.69) is 16.0 Å². The lowest BCUT2D eigenvalue weighted by Crippen LogP contribution is -2.52. The van der Waals surface area contributed by atoms with Crippen molar-refractivity contribution in [2.24, 2.45) is 11.8 Å². The molecule has 2 saturated heterocycles. The fraction of sp³-hybridized carbons (Fsp3) is 0.571. The number of hydrogen-bond acceptors (Lipinski definition) is 5. The van der Waals surface area contributed by atoms with E-state index in [0.717, 1.165) is 41.6 Å². The van der Waals surface area contributed by atoms with Crippen molar-refractivity contribution in [1.82, 2.24) is 20.9 Å². The summed E-state index contributed by atoms with van der Waals surface area (Å²) in [6.45, 7) is 3.37. The number of carbonyl (C=O) groups excluding carboxylic acids is 3. The van der Waals surface area contributed by atoms with Crippen LogP contribution in [0, 0.1) is 11.8 Å². The van der Waals surface area contributed by atoms with Crippen molar-refractivity contribution >= 4 is 17.7 Å². The van der Waals surface area contributed by atoms with Crippen molar-refractivity contribution in [1.29, 1.82) is 0 Å². The number of nitrogens with one attached hydrogen (secondary N) is 3. The first kappa shape index (κ1) is 17.8. The molecule has 3 amide bonds. The van der Waals surface area contributed by atoms with E-state index >= 15 is 0 Å². The third kappa shape index (κ3) is 3.02. The first-order chi connectivity index (χ1) is 13.6. The van der Waals surface area contributed by atoms with Crippen LogP contribution in [0.5, 0.6) is 0 Å². The molecule has 3 N–H and O–H groups in total. The Morgan fingerprint density at radius 3 is 2.64 bits per heavy atom. The summed E-state index contributed by atoms with van der Waals surface area (Å²) in [6.07, 6.45) is 3.08. The number of benzene rings is 1. The Morgan fingerprint density at radius 1 is 1.11 bits per heavy atom. The van der Waals surface area contributed by atoms with Crippen LogP contribution in [0.4, 0.5) is 0 Å². The average molecular weight is 382 g/mol. The third-order valence-electron chi connectivity index (χ3n) is 6.87. The molecule has 1 aromatic rings. The molecule has 7 heteroatoms. The third-order valence-corrected chi connectivity index (χ3v) is 6.87. The Balaban J connectivity index is 1.29. The summed E-state index contributed by atoms with van der Waals surface area (Å²) in [4.78, 5) is 38.4. The summed E-state index contributed by atoms with van der Waals surface area (Å²) < 4.78 is 0. The van der Waals surface area contributed by atoms with Crippen LogP contribution in [0.25, 0.3) is 0 Å². The Morgan fingerprint density at radius 2 is 1.89 bits per heavy atom. The van der Waals surface area contributed by atoms with Gasteiger partial charge in [-0.25, -0.2) is 0 Å². The van der Waals surface area contributed by atoms with Crippen LogP contribution in [0.1, 0.15) is 47.2 Å². The molecule has 3 fully saturated rings. The molecule has 3 heterocycles. The van der Waals surface area contributed by atoms with Gasteiger partial charge >= 0.3 is 0 Å². The number of fused-ring (bicyclic) bond motifs is 2. The fourth-order valence-electron chi connectivity index (χ4n) is 5.42. The maximum Gasteiger partial charge on any atom is 0.255 e. The predicted molar refractivity (Wildman–Crippen MR) is 102 cm³/mol. The van der Waals surface area contributed by atoms with Gasteiger partial charge in [0.15, 0.2) is 0 Å². The topological polar surface area (TPSA) is 90.5 Å². The highest BCUT2D eigenvalue weighted by Crippen LogP contribution is 2.35. The normalized spacial score (nSPS) is 31.9. The molecule has 3 atom stereocenters. The van der Waals surface area contributed by atoms with E-state index in [1.54, 1.807) is 4.90 Å². The summed E-state index contributed by atoms with van der Waals surface area (Å²) in [5.41, 5.74) is 2.72. The van der Waals surface area contributed by atoms with Gasteiger partial charge in [0.25, 0.3) is 5.91 Å². The van der Waals surface area contributed by atoms with Crippen LogP contribution in [-0.2, 0) is 22.7 Å². The lowest BCUT2D eigenvalue weighted by Gasteiger charge is -2.29. The Kier molecular flexibility index (Phi) is 4.44. The largest absolute Gasteiger partial charge is 0.322 e. The zero-order valence-corrected chi connectivity index (χ0v) is 15.9. The molecule has 5 rings (SSSR count). The van der Waals surface area contributed by atoms with Crippen LogP contribution < -0.4 is 16.0 Å². The maximum atomic E-state index is 13.1. The standard InChI is InChI=1S/C21H26N4O3/c26-18-5-4-17(20(27)24-18)25-11-13-3-1-2-12(19(13)21(25)28)10-23-16-6-14-8-22-9-15(14)7-16/h1-3,14-17,22-23H,4-11H2,(H,24,26,27). The summed E-state index contributed by atoms with van der Waals surface area (Å²) in [7, 11) is 0. The molecule has 0 spiro atoms. The highest BCUT2D eigenvalue weighted by atomic mass is 16.2. The first-order valence-corrected chi connectivity index (χ1v) is 10.3. The molecule has 3 unspecified atom stereocenters. The van der Waals surface area contributed by atoms with Gasteiger partial charge in [-0.2, -0.15) is 0 Å². The number of imide groups is 1. The van der Waals surface area contributed by atoms with Crippen LogP contribution in [0.3, 0.4) is 0 Å². The number of amides is 3. The molecule has 0 aromatic heterocycles. The van der Waals surface area contributed by atoms with E-state index in [-0.39, 0.29) is 24.1 Å². The Labute approximate surface area is 164 Å². The second-order valence-corrected chi connectivity index (χ2v) is 8.58. The highest BCUT2D eigenvalue weighted by Gasteiger charge is 2.40. The van der Waals surface area contributed by atoms with Crippen molar-refractivity contribution in [2.45, 2.75) is 50.9 Å². The van der Waals surface area contributed by atoms with Crippen molar-refractivity contribution in [2.75, 3.05) is 13.1 Å². The Hall–Kier alpha value is -2.25. The van der Waals surface area contributed by atoms with Gasteiger partial charge in [-0.15, -0.1) is 0 Å². The molecule has 3 aliphatic heterocycles. The molecular weight excluding hydrogens is 356 g/mol. The monoisotopic (exact) mass is 382 g/mol. The second kappa shape index (κ2) is 6.97. The van der Waals surface area contributed by atoms with Crippen LogP contribution in [0.15, 0.2) is 18.2 Å². The molecular formula is C21H26N4O3. The zero-order valence-electron chi connectivity index (χ0n) is 15.9. The van der Waals surface area contributed by atoms with Crippen LogP contribution >= 0.6 is 0 Å². The lowest BCUT2D eigenvalue weighted by atomic mass is 10.0. The Bertz CT molecular complexity index is 827. The molecule has 148 valence electrons. The number of hydrogen-bond donors (Lipinski definition) is 3. The lowest BCUT2D eigenvalue weighted by molar-refractivity contribution is -0.136. The van der Waals surface area contributed by atoms with Gasteiger partial charge in [-0.05, 0) is 55.3 Å². The number of nitrogens with zero attached hydrogens (tertiary/aromatic N) is 1. The van der Waals surface area contributed by atoms with Gasteiger partial charge in [0.05, 0.1) is 0 Å². The van der Waals surface area contributed by atoms with Crippen LogP contribution in [0.2, 0.25) is 0 Å². The van der Waals surface area contributed by atoms with E-state index in [9.17, 15) is 14.4 Å². The molecule has 1 saturated carbocycles. The molecule has 0 radical (unpaired) electrons. The van der Waals surface area contributed by atoms with E-state index in [1.807, 2.05) is 18.2 Å². The van der Waals surface area contributed by atoms with Gasteiger partial charge in [0.1, 0.15) is 6.04 Å². The predicted octanol–water partition coefficient (Wildman–Crippen LogP) is 0.535. The van der Waals surface area contributed by atoms with Gasteiger partial charge in [-0.3, -0.25) is 19.7 Å². The van der Waals surface area contributed by atoms with E-state index < -0.39 is 6.04 Å². The maximum absolute atomic E-state index is 13.1. The summed E-state index contributed by atoms with van der Waals surface area (Å²) in [5, 5.41) is 9.49. The van der Waals surface area contributed by atoms with Gasteiger partial charge < -0.3 is 15.5 Å².